The molecule has 5 heteroatoms. The summed E-state index contributed by atoms with van der Waals surface area (Å²) in [5, 5.41) is 7.31. The molecule has 0 spiro atoms. The molecule has 1 heterocycles. The molecule has 2 rings (SSSR count). The molecule has 1 saturated heterocycles. The molecule has 98 valence electrons. The van der Waals surface area contributed by atoms with Gasteiger partial charge in [0.05, 0.1) is 0 Å². The first kappa shape index (κ1) is 13.0. The second-order valence-corrected chi connectivity index (χ2v) is 4.20. The third kappa shape index (κ3) is 2.40. The molecule has 0 amide bonds. The summed E-state index contributed by atoms with van der Waals surface area (Å²) in [5.74, 6) is -0.915. The van der Waals surface area contributed by atoms with Crippen molar-refractivity contribution in [3.05, 3.63) is 53.5 Å². The van der Waals surface area contributed by atoms with Gasteiger partial charge in [-0.2, -0.15) is 0 Å². The molecule has 0 aliphatic carbocycles. The lowest BCUT2D eigenvalue weighted by atomic mass is 9.95. The average molecular weight is 260 g/mol. The number of carbonyl (C=O) groups is 1. The first-order valence-corrected chi connectivity index (χ1v) is 5.67. The minimum atomic E-state index is -0.583. The Hall–Kier alpha value is -2.43. The van der Waals surface area contributed by atoms with Crippen molar-refractivity contribution in [1.29, 1.82) is 5.41 Å². The Bertz CT molecular complexity index is 577. The molecule has 1 aliphatic heterocycles. The van der Waals surface area contributed by atoms with Crippen LogP contribution in [0.5, 0.6) is 0 Å². The molecule has 1 unspecified atom stereocenters. The van der Waals surface area contributed by atoms with Gasteiger partial charge in [0.1, 0.15) is 11.9 Å². The fraction of sp³-hybridized carbons (Fsp3) is 0.143. The number of nitrogens with two attached hydrogens (primary N) is 1. The van der Waals surface area contributed by atoms with Gasteiger partial charge >= 0.3 is 5.97 Å². The first-order valence-electron chi connectivity index (χ1n) is 5.67. The zero-order valence-corrected chi connectivity index (χ0v) is 10.2. The van der Waals surface area contributed by atoms with Crippen molar-refractivity contribution in [3.8, 4) is 0 Å². The first-order chi connectivity index (χ1) is 9.06. The lowest BCUT2D eigenvalue weighted by Gasteiger charge is -2.15. The summed E-state index contributed by atoms with van der Waals surface area (Å²) in [5.41, 5.74) is 7.30. The Morgan fingerprint density at radius 2 is 2.32 bits per heavy atom. The van der Waals surface area contributed by atoms with Crippen LogP contribution in [0.3, 0.4) is 0 Å². The number of benzene rings is 1. The van der Waals surface area contributed by atoms with Crippen LogP contribution < -0.4 is 5.73 Å². The summed E-state index contributed by atoms with van der Waals surface area (Å²) in [6.07, 6.45) is 2.06. The van der Waals surface area contributed by atoms with Gasteiger partial charge in [0.15, 0.2) is 0 Å². The molecule has 0 saturated carbocycles. The maximum absolute atomic E-state index is 13.4. The van der Waals surface area contributed by atoms with Gasteiger partial charge in [-0.05, 0) is 17.7 Å². The van der Waals surface area contributed by atoms with Crippen LogP contribution in [0.25, 0.3) is 5.57 Å². The number of carbonyl (C=O) groups excluding carboxylic acids is 1. The standard InChI is InChI=1S/C14H13FN2O2/c1-8-4-13(19-14(8)18)12-5-10(15)2-3-11(12)9(6-16)7-17/h2-3,5-7,13,16H,1,4,17H2/b9-7+,16-6?. The van der Waals surface area contributed by atoms with Crippen LogP contribution in [0.2, 0.25) is 0 Å². The van der Waals surface area contributed by atoms with Gasteiger partial charge in [0.2, 0.25) is 0 Å². The molecular formula is C14H13FN2O2. The summed E-state index contributed by atoms with van der Waals surface area (Å²) < 4.78 is 18.5. The van der Waals surface area contributed by atoms with E-state index in [9.17, 15) is 9.18 Å². The number of cyclic esters (lactones) is 1. The van der Waals surface area contributed by atoms with Crippen molar-refractivity contribution in [2.24, 2.45) is 5.73 Å². The van der Waals surface area contributed by atoms with E-state index in [4.69, 9.17) is 15.9 Å². The maximum atomic E-state index is 13.4. The maximum Gasteiger partial charge on any atom is 0.334 e. The lowest BCUT2D eigenvalue weighted by molar-refractivity contribution is -0.139. The minimum Gasteiger partial charge on any atom is -0.454 e. The quantitative estimate of drug-likeness (QED) is 0.497. The number of rotatable bonds is 3. The summed E-state index contributed by atoms with van der Waals surface area (Å²) in [6, 6.07) is 4.08. The highest BCUT2D eigenvalue weighted by Crippen LogP contribution is 2.36. The molecule has 0 bridgehead atoms. The fourth-order valence-electron chi connectivity index (χ4n) is 2.01. The van der Waals surface area contributed by atoms with Gasteiger partial charge in [-0.25, -0.2) is 9.18 Å². The largest absolute Gasteiger partial charge is 0.454 e. The third-order valence-corrected chi connectivity index (χ3v) is 2.98. The molecule has 0 radical (unpaired) electrons. The number of ether oxygens (including phenoxy) is 1. The number of hydrogen-bond donors (Lipinski definition) is 2. The van der Waals surface area contributed by atoms with Gasteiger partial charge in [-0.3, -0.25) is 0 Å². The van der Waals surface area contributed by atoms with Gasteiger partial charge in [0, 0.05) is 35.5 Å². The highest BCUT2D eigenvalue weighted by molar-refractivity contribution is 6.08. The van der Waals surface area contributed by atoms with E-state index in [2.05, 4.69) is 6.58 Å². The van der Waals surface area contributed by atoms with Crippen molar-refractivity contribution in [2.75, 3.05) is 0 Å². The topological polar surface area (TPSA) is 76.2 Å². The van der Waals surface area contributed by atoms with Crippen LogP contribution in [-0.2, 0) is 9.53 Å². The van der Waals surface area contributed by atoms with Gasteiger partial charge < -0.3 is 15.9 Å². The predicted octanol–water partition coefficient (Wildman–Crippen LogP) is 2.32. The van der Waals surface area contributed by atoms with E-state index in [0.717, 1.165) is 6.21 Å². The number of esters is 1. The molecule has 1 aromatic rings. The molecule has 19 heavy (non-hydrogen) atoms. The summed E-state index contributed by atoms with van der Waals surface area (Å²) in [6.45, 7) is 3.60. The summed E-state index contributed by atoms with van der Waals surface area (Å²) in [7, 11) is 0. The number of hydrogen-bond acceptors (Lipinski definition) is 4. The molecule has 1 aromatic carbocycles. The van der Waals surface area contributed by atoms with Gasteiger partial charge in [-0.15, -0.1) is 0 Å². The number of nitrogens with one attached hydrogen (secondary N) is 1. The van der Waals surface area contributed by atoms with E-state index in [1.54, 1.807) is 0 Å². The second-order valence-electron chi connectivity index (χ2n) is 4.20. The Labute approximate surface area is 109 Å². The molecular weight excluding hydrogens is 247 g/mol. The summed E-state index contributed by atoms with van der Waals surface area (Å²) in [4.78, 5) is 11.4. The van der Waals surface area contributed by atoms with Crippen LogP contribution in [0.15, 0.2) is 36.6 Å². The zero-order chi connectivity index (χ0) is 14.0. The molecule has 3 N–H and O–H groups in total. The molecule has 4 nitrogen and oxygen atoms in total. The Kier molecular flexibility index (Phi) is 3.46. The normalized spacial score (nSPS) is 19.4. The lowest BCUT2D eigenvalue weighted by Crippen LogP contribution is -2.04. The zero-order valence-electron chi connectivity index (χ0n) is 10.2. The van der Waals surface area contributed by atoms with Gasteiger partial charge in [0.25, 0.3) is 0 Å². The Morgan fingerprint density at radius 3 is 2.84 bits per heavy atom. The number of allylic oxidation sites excluding steroid dienone is 1. The predicted molar refractivity (Wildman–Crippen MR) is 69.9 cm³/mol. The van der Waals surface area contributed by atoms with E-state index < -0.39 is 17.9 Å². The van der Waals surface area contributed by atoms with Crippen molar-refractivity contribution in [2.45, 2.75) is 12.5 Å². The van der Waals surface area contributed by atoms with Crippen LogP contribution in [0.4, 0.5) is 4.39 Å². The molecule has 0 aromatic heterocycles. The van der Waals surface area contributed by atoms with E-state index in [-0.39, 0.29) is 0 Å². The highest BCUT2D eigenvalue weighted by atomic mass is 19.1. The smallest absolute Gasteiger partial charge is 0.334 e. The molecule has 1 atom stereocenters. The van der Waals surface area contributed by atoms with Gasteiger partial charge in [-0.1, -0.05) is 12.6 Å². The van der Waals surface area contributed by atoms with Crippen molar-refractivity contribution >= 4 is 17.8 Å². The summed E-state index contributed by atoms with van der Waals surface area (Å²) >= 11 is 0. The second kappa shape index (κ2) is 5.06. The third-order valence-electron chi connectivity index (χ3n) is 2.98. The molecule has 1 fully saturated rings. The van der Waals surface area contributed by atoms with Crippen molar-refractivity contribution in [1.82, 2.24) is 0 Å². The van der Waals surface area contributed by atoms with E-state index in [0.29, 0.717) is 28.7 Å². The van der Waals surface area contributed by atoms with Crippen molar-refractivity contribution < 1.29 is 13.9 Å². The van der Waals surface area contributed by atoms with E-state index in [1.807, 2.05) is 0 Å². The monoisotopic (exact) mass is 260 g/mol. The SMILES string of the molecule is C=C1CC(c2cc(F)ccc2/C(C=N)=C/N)OC1=O. The number of halogens is 1. The van der Waals surface area contributed by atoms with E-state index >= 15 is 0 Å². The van der Waals surface area contributed by atoms with Crippen LogP contribution in [-0.4, -0.2) is 12.2 Å². The fourth-order valence-corrected chi connectivity index (χ4v) is 2.01. The van der Waals surface area contributed by atoms with Crippen LogP contribution in [0.1, 0.15) is 23.7 Å². The Balaban J connectivity index is 2.49. The van der Waals surface area contributed by atoms with Crippen LogP contribution >= 0.6 is 0 Å². The minimum absolute atomic E-state index is 0.311. The average Bonchev–Trinajstić information content (AvgIpc) is 2.72. The van der Waals surface area contributed by atoms with E-state index in [1.165, 1.54) is 24.4 Å². The van der Waals surface area contributed by atoms with Crippen LogP contribution in [0, 0.1) is 11.2 Å². The molecule has 1 aliphatic rings. The highest BCUT2D eigenvalue weighted by Gasteiger charge is 2.30. The van der Waals surface area contributed by atoms with Crippen molar-refractivity contribution in [3.63, 3.8) is 0 Å². The Morgan fingerprint density at radius 1 is 1.58 bits per heavy atom.